The van der Waals surface area contributed by atoms with Gasteiger partial charge < -0.3 is 10.1 Å². The Balaban J connectivity index is 1.48. The van der Waals surface area contributed by atoms with Gasteiger partial charge in [-0.25, -0.2) is 4.79 Å². The molecule has 0 aliphatic heterocycles. The largest absolute Gasteiger partial charge is 0.459 e. The molecule has 5 nitrogen and oxygen atoms in total. The van der Waals surface area contributed by atoms with Gasteiger partial charge in [0.25, 0.3) is 0 Å². The fourth-order valence-electron chi connectivity index (χ4n) is 4.79. The number of nitrogens with zero attached hydrogens (tertiary/aromatic N) is 1. The van der Waals surface area contributed by atoms with Crippen LogP contribution in [0.5, 0.6) is 0 Å². The van der Waals surface area contributed by atoms with E-state index in [0.29, 0.717) is 22.9 Å². The van der Waals surface area contributed by atoms with Gasteiger partial charge in [-0.05, 0) is 55.7 Å². The molecule has 2 heterocycles. The zero-order valence-corrected chi connectivity index (χ0v) is 18.9. The molecule has 0 radical (unpaired) electrons. The second-order valence-electron chi connectivity index (χ2n) is 8.85. The van der Waals surface area contributed by atoms with Crippen LogP contribution in [0.2, 0.25) is 0 Å². The van der Waals surface area contributed by atoms with Crippen molar-refractivity contribution in [2.45, 2.75) is 83.2 Å². The van der Waals surface area contributed by atoms with Crippen molar-refractivity contribution in [1.82, 2.24) is 4.98 Å². The van der Waals surface area contributed by atoms with Gasteiger partial charge in [0.15, 0.2) is 0 Å². The molecule has 0 bridgehead atoms. The average molecular weight is 441 g/mol. The van der Waals surface area contributed by atoms with Crippen LogP contribution in [0.1, 0.15) is 87.4 Å². The van der Waals surface area contributed by atoms with Gasteiger partial charge in [0.1, 0.15) is 16.7 Å². The maximum Gasteiger partial charge on any atom is 0.342 e. The van der Waals surface area contributed by atoms with Crippen molar-refractivity contribution in [2.24, 2.45) is 5.92 Å². The van der Waals surface area contributed by atoms with Crippen LogP contribution in [0.25, 0.3) is 11.1 Å². The number of carbonyl (C=O) groups is 2. The minimum absolute atomic E-state index is 0.0135. The van der Waals surface area contributed by atoms with Crippen molar-refractivity contribution in [2.75, 3.05) is 5.32 Å². The van der Waals surface area contributed by atoms with Gasteiger partial charge in [-0.1, -0.05) is 38.5 Å². The Hall–Kier alpha value is -2.21. The SMILES string of the molecule is O=C(CCC1CCCCC1)Nc1scc(-c2ccncc2)c1C(=O)OC1CCCCC1. The van der Waals surface area contributed by atoms with E-state index in [0.717, 1.165) is 43.2 Å². The molecular weight excluding hydrogens is 408 g/mol. The summed E-state index contributed by atoms with van der Waals surface area (Å²) >= 11 is 1.40. The van der Waals surface area contributed by atoms with E-state index in [9.17, 15) is 9.59 Å². The Morgan fingerprint density at radius 3 is 2.39 bits per heavy atom. The molecule has 2 aromatic heterocycles. The Labute approximate surface area is 188 Å². The fourth-order valence-corrected chi connectivity index (χ4v) is 5.76. The summed E-state index contributed by atoms with van der Waals surface area (Å²) < 4.78 is 5.88. The molecule has 0 saturated heterocycles. The molecule has 0 spiro atoms. The number of anilines is 1. The third-order valence-corrected chi connectivity index (χ3v) is 7.47. The first-order valence-electron chi connectivity index (χ1n) is 11.7. The summed E-state index contributed by atoms with van der Waals surface area (Å²) in [5.74, 6) is 0.314. The van der Waals surface area contributed by atoms with E-state index >= 15 is 0 Å². The highest BCUT2D eigenvalue weighted by Crippen LogP contribution is 2.37. The van der Waals surface area contributed by atoms with Gasteiger partial charge in [-0.15, -0.1) is 11.3 Å². The second kappa shape index (κ2) is 10.9. The smallest absolute Gasteiger partial charge is 0.342 e. The second-order valence-corrected chi connectivity index (χ2v) is 9.73. The molecule has 0 atom stereocenters. The molecule has 2 aliphatic carbocycles. The summed E-state index contributed by atoms with van der Waals surface area (Å²) in [5.41, 5.74) is 2.19. The molecular formula is C25H32N2O3S. The van der Waals surface area contributed by atoms with Crippen molar-refractivity contribution < 1.29 is 14.3 Å². The number of carbonyl (C=O) groups excluding carboxylic acids is 2. The molecule has 31 heavy (non-hydrogen) atoms. The van der Waals surface area contributed by atoms with Gasteiger partial charge in [0, 0.05) is 29.8 Å². The lowest BCUT2D eigenvalue weighted by atomic mass is 9.86. The topological polar surface area (TPSA) is 68.3 Å². The van der Waals surface area contributed by atoms with Crippen LogP contribution in [0.3, 0.4) is 0 Å². The molecule has 4 rings (SSSR count). The van der Waals surface area contributed by atoms with Gasteiger partial charge in [-0.2, -0.15) is 0 Å². The predicted octanol–water partition coefficient (Wildman–Crippen LogP) is 6.60. The fraction of sp³-hybridized carbons (Fsp3) is 0.560. The van der Waals surface area contributed by atoms with Gasteiger partial charge in [0.2, 0.25) is 5.91 Å². The van der Waals surface area contributed by atoms with E-state index in [4.69, 9.17) is 4.74 Å². The molecule has 2 aromatic rings. The third-order valence-electron chi connectivity index (χ3n) is 6.57. The number of amides is 1. The monoisotopic (exact) mass is 440 g/mol. The van der Waals surface area contributed by atoms with E-state index < -0.39 is 0 Å². The molecule has 2 saturated carbocycles. The number of hydrogen-bond donors (Lipinski definition) is 1. The minimum Gasteiger partial charge on any atom is -0.459 e. The molecule has 2 aliphatic rings. The third kappa shape index (κ3) is 5.94. The van der Waals surface area contributed by atoms with Crippen LogP contribution < -0.4 is 5.32 Å². The van der Waals surface area contributed by atoms with Gasteiger partial charge in [0.05, 0.1) is 0 Å². The quantitative estimate of drug-likeness (QED) is 0.493. The minimum atomic E-state index is -0.331. The maximum absolute atomic E-state index is 13.2. The normalized spacial score (nSPS) is 17.9. The highest BCUT2D eigenvalue weighted by molar-refractivity contribution is 7.15. The van der Waals surface area contributed by atoms with Crippen LogP contribution >= 0.6 is 11.3 Å². The number of aromatic nitrogens is 1. The molecule has 1 N–H and O–H groups in total. The number of esters is 1. The van der Waals surface area contributed by atoms with Gasteiger partial charge in [-0.3, -0.25) is 9.78 Å². The highest BCUT2D eigenvalue weighted by Gasteiger charge is 2.26. The first-order valence-corrected chi connectivity index (χ1v) is 12.6. The van der Waals surface area contributed by atoms with Crippen molar-refractivity contribution in [1.29, 1.82) is 0 Å². The van der Waals surface area contributed by atoms with E-state index in [-0.39, 0.29) is 18.0 Å². The Morgan fingerprint density at radius 2 is 1.68 bits per heavy atom. The molecule has 166 valence electrons. The molecule has 0 unspecified atom stereocenters. The summed E-state index contributed by atoms with van der Waals surface area (Å²) in [7, 11) is 0. The van der Waals surface area contributed by atoms with Crippen molar-refractivity contribution in [3.8, 4) is 11.1 Å². The zero-order chi connectivity index (χ0) is 21.5. The van der Waals surface area contributed by atoms with E-state index in [1.807, 2.05) is 17.5 Å². The van der Waals surface area contributed by atoms with Gasteiger partial charge >= 0.3 is 5.97 Å². The van der Waals surface area contributed by atoms with Crippen molar-refractivity contribution >= 4 is 28.2 Å². The number of ether oxygens (including phenoxy) is 1. The molecule has 2 fully saturated rings. The zero-order valence-electron chi connectivity index (χ0n) is 18.1. The van der Waals surface area contributed by atoms with E-state index in [1.165, 1.54) is 49.9 Å². The number of rotatable bonds is 7. The summed E-state index contributed by atoms with van der Waals surface area (Å²) in [6.45, 7) is 0. The summed E-state index contributed by atoms with van der Waals surface area (Å²) in [5, 5.41) is 5.55. The Kier molecular flexibility index (Phi) is 7.73. The summed E-state index contributed by atoms with van der Waals surface area (Å²) in [6.07, 6.45) is 16.4. The predicted molar refractivity (Wildman–Crippen MR) is 124 cm³/mol. The van der Waals surface area contributed by atoms with E-state index in [2.05, 4.69) is 10.3 Å². The molecule has 6 heteroatoms. The van der Waals surface area contributed by atoms with Crippen LogP contribution in [-0.2, 0) is 9.53 Å². The standard InChI is InChI=1S/C25H32N2O3S/c28-22(12-11-18-7-3-1-4-8-18)27-24-23(25(29)30-20-9-5-2-6-10-20)21(17-31-24)19-13-15-26-16-14-19/h13-18,20H,1-12H2,(H,27,28). The summed E-state index contributed by atoms with van der Waals surface area (Å²) in [4.78, 5) is 30.0. The number of thiophene rings is 1. The first-order chi connectivity index (χ1) is 15.2. The number of nitrogens with one attached hydrogen (secondary N) is 1. The molecule has 0 aromatic carbocycles. The molecule has 1 amide bonds. The maximum atomic E-state index is 13.2. The Bertz CT molecular complexity index is 868. The van der Waals surface area contributed by atoms with Crippen LogP contribution in [0, 0.1) is 5.92 Å². The Morgan fingerprint density at radius 1 is 1.00 bits per heavy atom. The number of pyridine rings is 1. The lowest BCUT2D eigenvalue weighted by Gasteiger charge is -2.22. The number of hydrogen-bond acceptors (Lipinski definition) is 5. The van der Waals surface area contributed by atoms with Crippen LogP contribution in [0.15, 0.2) is 29.9 Å². The first kappa shape index (κ1) is 22.0. The van der Waals surface area contributed by atoms with E-state index in [1.54, 1.807) is 12.4 Å². The van der Waals surface area contributed by atoms with Crippen LogP contribution in [-0.4, -0.2) is 23.0 Å². The lowest BCUT2D eigenvalue weighted by molar-refractivity contribution is -0.116. The highest BCUT2D eigenvalue weighted by atomic mass is 32.1. The summed E-state index contributed by atoms with van der Waals surface area (Å²) in [6, 6.07) is 3.77. The average Bonchev–Trinajstić information content (AvgIpc) is 3.23. The van der Waals surface area contributed by atoms with Crippen molar-refractivity contribution in [3.63, 3.8) is 0 Å². The van der Waals surface area contributed by atoms with Crippen LogP contribution in [0.4, 0.5) is 5.00 Å². The van der Waals surface area contributed by atoms with Crippen molar-refractivity contribution in [3.05, 3.63) is 35.5 Å². The lowest BCUT2D eigenvalue weighted by Crippen LogP contribution is -2.22.